The lowest BCUT2D eigenvalue weighted by molar-refractivity contribution is 0.397. The Morgan fingerprint density at radius 3 is 2.19 bits per heavy atom. The first-order chi connectivity index (χ1) is 9.90. The number of hydrogen-bond acceptors (Lipinski definition) is 3. The fourth-order valence-electron chi connectivity index (χ4n) is 2.09. The number of sulfonamides is 1. The van der Waals surface area contributed by atoms with Crippen LogP contribution in [0.1, 0.15) is 24.1 Å². The smallest absolute Gasteiger partial charge is 0.218 e. The van der Waals surface area contributed by atoms with Crippen LogP contribution < -0.4 is 0 Å². The van der Waals surface area contributed by atoms with Gasteiger partial charge in [0.15, 0.2) is 0 Å². The topological polar surface area (TPSA) is 57.6 Å². The molecule has 0 amide bonds. The van der Waals surface area contributed by atoms with Gasteiger partial charge in [-0.25, -0.2) is 8.42 Å². The number of hydrogen-bond donors (Lipinski definition) is 1. The molecule has 0 bridgehead atoms. The Balaban J connectivity index is 2.17. The second-order valence-electron chi connectivity index (χ2n) is 5.03. The number of phenolic OH excluding ortho intramolecular Hbond substituents is 1. The lowest BCUT2D eigenvalue weighted by atomic mass is 10.1. The number of phenols is 1. The van der Waals surface area contributed by atoms with Crippen LogP contribution in [0, 0.1) is 0 Å². The molecule has 21 heavy (non-hydrogen) atoms. The van der Waals surface area contributed by atoms with Crippen molar-refractivity contribution in [3.05, 3.63) is 65.7 Å². The van der Waals surface area contributed by atoms with Gasteiger partial charge in [0.2, 0.25) is 10.0 Å². The molecule has 1 N–H and O–H groups in total. The zero-order chi connectivity index (χ0) is 15.5. The van der Waals surface area contributed by atoms with E-state index in [9.17, 15) is 13.5 Å². The fraction of sp³-hybridized carbons (Fsp3) is 0.250. The Bertz CT molecular complexity index is 681. The minimum absolute atomic E-state index is 0.0211. The second kappa shape index (κ2) is 6.28. The third-order valence-corrected chi connectivity index (χ3v) is 5.44. The molecule has 112 valence electrons. The van der Waals surface area contributed by atoms with Gasteiger partial charge in [0, 0.05) is 13.1 Å². The molecule has 0 heterocycles. The highest BCUT2D eigenvalue weighted by Crippen LogP contribution is 2.24. The van der Waals surface area contributed by atoms with Gasteiger partial charge in [-0.15, -0.1) is 0 Å². The first-order valence-electron chi connectivity index (χ1n) is 6.69. The van der Waals surface area contributed by atoms with Crippen LogP contribution in [0.5, 0.6) is 5.75 Å². The molecule has 0 aliphatic rings. The van der Waals surface area contributed by atoms with Gasteiger partial charge in [0.25, 0.3) is 0 Å². The van der Waals surface area contributed by atoms with Gasteiger partial charge in [-0.2, -0.15) is 4.31 Å². The van der Waals surface area contributed by atoms with Crippen molar-refractivity contribution in [1.82, 2.24) is 4.31 Å². The lowest BCUT2D eigenvalue weighted by Crippen LogP contribution is -2.30. The molecule has 2 aromatic rings. The molecule has 0 aliphatic carbocycles. The summed E-state index contributed by atoms with van der Waals surface area (Å²) in [4.78, 5) is 0. The highest BCUT2D eigenvalue weighted by Gasteiger charge is 2.24. The zero-order valence-corrected chi connectivity index (χ0v) is 12.9. The number of nitrogens with zero attached hydrogens (tertiary/aromatic N) is 1. The van der Waals surface area contributed by atoms with Gasteiger partial charge in [0.05, 0.1) is 5.75 Å². The summed E-state index contributed by atoms with van der Waals surface area (Å²) in [6.07, 6.45) is 0. The van der Waals surface area contributed by atoms with Crippen molar-refractivity contribution in [2.24, 2.45) is 0 Å². The average Bonchev–Trinajstić information content (AvgIpc) is 2.47. The highest BCUT2D eigenvalue weighted by molar-refractivity contribution is 7.88. The van der Waals surface area contributed by atoms with Crippen LogP contribution in [0.3, 0.4) is 0 Å². The Morgan fingerprint density at radius 1 is 1.05 bits per heavy atom. The van der Waals surface area contributed by atoms with Crippen molar-refractivity contribution in [1.29, 1.82) is 0 Å². The molecular formula is C16H19NO3S. The molecule has 2 aromatic carbocycles. The SMILES string of the molecule is CC(c1ccc(O)cc1)N(C)S(=O)(=O)Cc1ccccc1. The minimum atomic E-state index is -3.40. The van der Waals surface area contributed by atoms with E-state index in [1.807, 2.05) is 25.1 Å². The molecular weight excluding hydrogens is 286 g/mol. The van der Waals surface area contributed by atoms with Gasteiger partial charge in [0.1, 0.15) is 5.75 Å². The third-order valence-electron chi connectivity index (χ3n) is 3.55. The normalized spacial score (nSPS) is 13.3. The van der Waals surface area contributed by atoms with E-state index in [1.165, 1.54) is 4.31 Å². The van der Waals surface area contributed by atoms with Gasteiger partial charge in [-0.1, -0.05) is 42.5 Å². The van der Waals surface area contributed by atoms with Gasteiger partial charge in [-0.05, 0) is 30.2 Å². The molecule has 0 saturated heterocycles. The van der Waals surface area contributed by atoms with E-state index >= 15 is 0 Å². The van der Waals surface area contributed by atoms with Crippen LogP contribution in [0.2, 0.25) is 0 Å². The molecule has 4 nitrogen and oxygen atoms in total. The maximum absolute atomic E-state index is 12.5. The first-order valence-corrected chi connectivity index (χ1v) is 8.29. The lowest BCUT2D eigenvalue weighted by Gasteiger charge is -2.24. The van der Waals surface area contributed by atoms with E-state index in [0.717, 1.165) is 11.1 Å². The molecule has 1 unspecified atom stereocenters. The Hall–Kier alpha value is -1.85. The van der Waals surface area contributed by atoms with Crippen LogP contribution >= 0.6 is 0 Å². The van der Waals surface area contributed by atoms with Crippen LogP contribution in [0.4, 0.5) is 0 Å². The third kappa shape index (κ3) is 3.83. The Kier molecular flexibility index (Phi) is 4.65. The van der Waals surface area contributed by atoms with Crippen LogP contribution in [-0.2, 0) is 15.8 Å². The summed E-state index contributed by atoms with van der Waals surface area (Å²) >= 11 is 0. The summed E-state index contributed by atoms with van der Waals surface area (Å²) in [5.74, 6) is 0.146. The summed E-state index contributed by atoms with van der Waals surface area (Å²) in [7, 11) is -1.82. The fourth-order valence-corrected chi connectivity index (χ4v) is 3.51. The molecule has 0 fully saturated rings. The summed E-state index contributed by atoms with van der Waals surface area (Å²) < 4.78 is 26.3. The maximum Gasteiger partial charge on any atom is 0.218 e. The first kappa shape index (κ1) is 15.5. The van der Waals surface area contributed by atoms with Crippen molar-refractivity contribution >= 4 is 10.0 Å². The Morgan fingerprint density at radius 2 is 1.62 bits per heavy atom. The van der Waals surface area contributed by atoms with Crippen molar-refractivity contribution in [2.75, 3.05) is 7.05 Å². The minimum Gasteiger partial charge on any atom is -0.508 e. The van der Waals surface area contributed by atoms with E-state index in [4.69, 9.17) is 0 Å². The molecule has 0 aromatic heterocycles. The predicted octanol–water partition coefficient (Wildman–Crippen LogP) is 2.92. The number of benzene rings is 2. The van der Waals surface area contributed by atoms with Crippen LogP contribution in [0.25, 0.3) is 0 Å². The second-order valence-corrected chi connectivity index (χ2v) is 7.05. The van der Waals surface area contributed by atoms with Crippen molar-refractivity contribution in [2.45, 2.75) is 18.7 Å². The van der Waals surface area contributed by atoms with Crippen LogP contribution in [-0.4, -0.2) is 24.9 Å². The molecule has 0 aliphatic heterocycles. The predicted molar refractivity (Wildman–Crippen MR) is 83.4 cm³/mol. The van der Waals surface area contributed by atoms with Gasteiger partial charge >= 0.3 is 0 Å². The van der Waals surface area contributed by atoms with E-state index < -0.39 is 10.0 Å². The number of aromatic hydroxyl groups is 1. The highest BCUT2D eigenvalue weighted by atomic mass is 32.2. The largest absolute Gasteiger partial charge is 0.508 e. The summed E-state index contributed by atoms with van der Waals surface area (Å²) in [5.41, 5.74) is 1.61. The van der Waals surface area contributed by atoms with E-state index in [2.05, 4.69) is 0 Å². The summed E-state index contributed by atoms with van der Waals surface area (Å²) in [5, 5.41) is 9.30. The monoisotopic (exact) mass is 305 g/mol. The molecule has 0 saturated carbocycles. The standard InChI is InChI=1S/C16H19NO3S/c1-13(15-8-10-16(18)11-9-15)17(2)21(19,20)12-14-6-4-3-5-7-14/h3-11,13,18H,12H2,1-2H3. The van der Waals surface area contributed by atoms with E-state index in [-0.39, 0.29) is 17.5 Å². The molecule has 0 spiro atoms. The number of rotatable bonds is 5. The van der Waals surface area contributed by atoms with Crippen molar-refractivity contribution in [3.63, 3.8) is 0 Å². The van der Waals surface area contributed by atoms with Crippen molar-refractivity contribution < 1.29 is 13.5 Å². The van der Waals surface area contributed by atoms with Gasteiger partial charge in [-0.3, -0.25) is 0 Å². The average molecular weight is 305 g/mol. The van der Waals surface area contributed by atoms with Crippen LogP contribution in [0.15, 0.2) is 54.6 Å². The molecule has 0 radical (unpaired) electrons. The molecule has 2 rings (SSSR count). The maximum atomic E-state index is 12.5. The molecule has 1 atom stereocenters. The molecule has 5 heteroatoms. The van der Waals surface area contributed by atoms with Crippen molar-refractivity contribution in [3.8, 4) is 5.75 Å². The quantitative estimate of drug-likeness (QED) is 0.924. The van der Waals surface area contributed by atoms with E-state index in [0.29, 0.717) is 0 Å². The van der Waals surface area contributed by atoms with E-state index in [1.54, 1.807) is 43.4 Å². The summed E-state index contributed by atoms with van der Waals surface area (Å²) in [6, 6.07) is 15.4. The Labute approximate surface area is 125 Å². The summed E-state index contributed by atoms with van der Waals surface area (Å²) in [6.45, 7) is 1.83. The zero-order valence-electron chi connectivity index (χ0n) is 12.1. The van der Waals surface area contributed by atoms with Gasteiger partial charge < -0.3 is 5.11 Å².